The molecule has 1 aromatic carbocycles. The molecule has 0 aliphatic rings. The number of rotatable bonds is 7. The van der Waals surface area contributed by atoms with Gasteiger partial charge in [-0.3, -0.25) is 9.59 Å². The van der Waals surface area contributed by atoms with E-state index in [0.717, 1.165) is 5.56 Å². The fourth-order valence-corrected chi connectivity index (χ4v) is 3.10. The lowest BCUT2D eigenvalue weighted by atomic mass is 10.0. The lowest BCUT2D eigenvalue weighted by molar-refractivity contribution is -0.128. The van der Waals surface area contributed by atoms with E-state index in [-0.39, 0.29) is 11.5 Å². The molecule has 7 heteroatoms. The van der Waals surface area contributed by atoms with Gasteiger partial charge in [0.25, 0.3) is 5.56 Å². The van der Waals surface area contributed by atoms with Crippen LogP contribution in [-0.2, 0) is 11.3 Å². The highest BCUT2D eigenvalue weighted by atomic mass is 16.5. The minimum Gasteiger partial charge on any atom is -0.496 e. The normalized spacial score (nSPS) is 10.7. The second-order valence-electron chi connectivity index (χ2n) is 6.64. The number of methoxy groups -OCH3 is 1. The Morgan fingerprint density at radius 1 is 1.18 bits per heavy atom. The van der Waals surface area contributed by atoms with Crippen LogP contribution in [0.5, 0.6) is 5.75 Å². The van der Waals surface area contributed by atoms with E-state index in [1.165, 1.54) is 0 Å². The molecule has 7 nitrogen and oxygen atoms in total. The number of pyridine rings is 1. The van der Waals surface area contributed by atoms with Crippen molar-refractivity contribution >= 4 is 5.91 Å². The Labute approximate surface area is 163 Å². The molecule has 0 fully saturated rings. The van der Waals surface area contributed by atoms with Crippen molar-refractivity contribution in [3.05, 3.63) is 59.3 Å². The van der Waals surface area contributed by atoms with Gasteiger partial charge < -0.3 is 19.2 Å². The zero-order valence-electron chi connectivity index (χ0n) is 16.3. The first-order chi connectivity index (χ1) is 13.5. The quantitative estimate of drug-likeness (QED) is 0.683. The molecule has 3 aromatic rings. The first-order valence-corrected chi connectivity index (χ1v) is 9.09. The molecule has 2 heterocycles. The smallest absolute Gasteiger partial charge is 0.257 e. The average molecular weight is 380 g/mol. The van der Waals surface area contributed by atoms with Gasteiger partial charge >= 0.3 is 0 Å². The number of carbonyl (C=O) groups excluding carboxylic acids is 1. The largest absolute Gasteiger partial charge is 0.496 e. The van der Waals surface area contributed by atoms with Gasteiger partial charge in [0.05, 0.1) is 24.7 Å². The van der Waals surface area contributed by atoms with Crippen molar-refractivity contribution in [2.75, 3.05) is 21.2 Å². The molecular formula is C21H24N4O3. The van der Waals surface area contributed by atoms with Gasteiger partial charge in [-0.2, -0.15) is 0 Å². The highest BCUT2D eigenvalue weighted by Gasteiger charge is 2.20. The van der Waals surface area contributed by atoms with E-state index in [4.69, 9.17) is 4.74 Å². The second-order valence-corrected chi connectivity index (χ2v) is 6.64. The Bertz CT molecular complexity index is 1020. The van der Waals surface area contributed by atoms with Gasteiger partial charge in [0.15, 0.2) is 0 Å². The molecule has 0 aliphatic heterocycles. The number of imidazole rings is 1. The van der Waals surface area contributed by atoms with Gasteiger partial charge in [0.2, 0.25) is 5.91 Å². The van der Waals surface area contributed by atoms with E-state index in [1.807, 2.05) is 28.8 Å². The number of ether oxygens (including phenoxy) is 1. The maximum atomic E-state index is 12.5. The summed E-state index contributed by atoms with van der Waals surface area (Å²) < 4.78 is 7.41. The molecule has 1 amide bonds. The lowest BCUT2D eigenvalue weighted by Crippen LogP contribution is -2.21. The molecule has 28 heavy (non-hydrogen) atoms. The zero-order valence-corrected chi connectivity index (χ0v) is 16.3. The molecule has 2 aromatic heterocycles. The van der Waals surface area contributed by atoms with Gasteiger partial charge in [0.1, 0.15) is 11.4 Å². The summed E-state index contributed by atoms with van der Waals surface area (Å²) in [6, 6.07) is 11.1. The summed E-state index contributed by atoms with van der Waals surface area (Å²) in [6.07, 6.45) is 4.39. The number of hydrogen-bond donors (Lipinski definition) is 1. The summed E-state index contributed by atoms with van der Waals surface area (Å²) in [6.45, 7) is 0.575. The second kappa shape index (κ2) is 8.56. The number of hydrogen-bond acceptors (Lipinski definition) is 4. The number of benzene rings is 1. The average Bonchev–Trinajstić information content (AvgIpc) is 3.11. The molecular weight excluding hydrogens is 356 g/mol. The molecule has 0 bridgehead atoms. The Hall–Kier alpha value is -3.35. The first kappa shape index (κ1) is 19.4. The van der Waals surface area contributed by atoms with Crippen LogP contribution in [0.4, 0.5) is 0 Å². The zero-order chi connectivity index (χ0) is 20.1. The highest BCUT2D eigenvalue weighted by Crippen LogP contribution is 2.35. The maximum absolute atomic E-state index is 12.5. The van der Waals surface area contributed by atoms with Crippen LogP contribution in [0.2, 0.25) is 0 Å². The molecule has 0 radical (unpaired) electrons. The van der Waals surface area contributed by atoms with Crippen molar-refractivity contribution in [3.63, 3.8) is 0 Å². The molecule has 0 saturated carbocycles. The van der Waals surface area contributed by atoms with Crippen molar-refractivity contribution in [2.24, 2.45) is 0 Å². The fraction of sp³-hybridized carbons (Fsp3) is 0.286. The summed E-state index contributed by atoms with van der Waals surface area (Å²) >= 11 is 0. The maximum Gasteiger partial charge on any atom is 0.257 e. The third-order valence-electron chi connectivity index (χ3n) is 4.56. The van der Waals surface area contributed by atoms with Gasteiger partial charge in [-0.25, -0.2) is 4.98 Å². The van der Waals surface area contributed by atoms with Gasteiger partial charge in [0, 0.05) is 38.8 Å². The van der Waals surface area contributed by atoms with Crippen molar-refractivity contribution in [1.82, 2.24) is 19.4 Å². The number of aromatic nitrogens is 3. The number of nitrogens with zero attached hydrogens (tertiary/aromatic N) is 3. The predicted octanol–water partition coefficient (Wildman–Crippen LogP) is 2.78. The van der Waals surface area contributed by atoms with Crippen molar-refractivity contribution in [2.45, 2.75) is 19.4 Å². The van der Waals surface area contributed by atoms with E-state index in [9.17, 15) is 9.59 Å². The Morgan fingerprint density at radius 2 is 1.93 bits per heavy atom. The van der Waals surface area contributed by atoms with Crippen molar-refractivity contribution in [1.29, 1.82) is 0 Å². The third-order valence-corrected chi connectivity index (χ3v) is 4.56. The molecule has 0 spiro atoms. The fourth-order valence-electron chi connectivity index (χ4n) is 3.10. The highest BCUT2D eigenvalue weighted by molar-refractivity contribution is 5.81. The number of aromatic amines is 1. The number of amides is 1. The number of aryl methyl sites for hydroxylation is 1. The van der Waals surface area contributed by atoms with Crippen LogP contribution in [0.1, 0.15) is 12.8 Å². The van der Waals surface area contributed by atoms with E-state index in [2.05, 4.69) is 9.97 Å². The van der Waals surface area contributed by atoms with Crippen LogP contribution in [0.15, 0.2) is 53.7 Å². The minimum atomic E-state index is -0.190. The number of nitrogens with one attached hydrogen (secondary N) is 1. The van der Waals surface area contributed by atoms with Crippen LogP contribution in [-0.4, -0.2) is 46.5 Å². The number of H-pyrrole nitrogens is 1. The van der Waals surface area contributed by atoms with Gasteiger partial charge in [-0.1, -0.05) is 12.1 Å². The summed E-state index contributed by atoms with van der Waals surface area (Å²) in [5, 5.41) is 0. The monoisotopic (exact) mass is 380 g/mol. The first-order valence-electron chi connectivity index (χ1n) is 9.09. The number of carbonyl (C=O) groups is 1. The molecule has 0 atom stereocenters. The Balaban J connectivity index is 2.04. The SMILES string of the molecule is COc1ccccc1-c1ncn(CCCC(=O)N(C)C)c1-c1ccc[nH]c1=O. The third kappa shape index (κ3) is 3.98. The molecule has 1 N–H and O–H groups in total. The van der Waals surface area contributed by atoms with Crippen LogP contribution >= 0.6 is 0 Å². The summed E-state index contributed by atoms with van der Waals surface area (Å²) in [7, 11) is 5.10. The van der Waals surface area contributed by atoms with Gasteiger partial charge in [-0.05, 0) is 30.7 Å². The van der Waals surface area contributed by atoms with Crippen LogP contribution in [0.3, 0.4) is 0 Å². The van der Waals surface area contributed by atoms with E-state index in [1.54, 1.807) is 50.8 Å². The van der Waals surface area contributed by atoms with E-state index >= 15 is 0 Å². The Morgan fingerprint density at radius 3 is 2.64 bits per heavy atom. The van der Waals surface area contributed by atoms with Crippen LogP contribution in [0, 0.1) is 0 Å². The van der Waals surface area contributed by atoms with Crippen molar-refractivity contribution in [3.8, 4) is 28.3 Å². The Kier molecular flexibility index (Phi) is 5.93. The van der Waals surface area contributed by atoms with E-state index < -0.39 is 0 Å². The minimum absolute atomic E-state index is 0.0733. The molecule has 0 saturated heterocycles. The van der Waals surface area contributed by atoms with E-state index in [0.29, 0.717) is 42.1 Å². The lowest BCUT2D eigenvalue weighted by Gasteiger charge is -2.13. The van der Waals surface area contributed by atoms with Crippen molar-refractivity contribution < 1.29 is 9.53 Å². The van der Waals surface area contributed by atoms with Crippen LogP contribution < -0.4 is 10.3 Å². The molecule has 3 rings (SSSR count). The van der Waals surface area contributed by atoms with Gasteiger partial charge in [-0.15, -0.1) is 0 Å². The predicted molar refractivity (Wildman–Crippen MR) is 108 cm³/mol. The summed E-state index contributed by atoms with van der Waals surface area (Å²) in [5.41, 5.74) is 2.53. The topological polar surface area (TPSA) is 80.2 Å². The molecule has 0 aliphatic carbocycles. The van der Waals surface area contributed by atoms with Crippen LogP contribution in [0.25, 0.3) is 22.5 Å². The standard InChI is InChI=1S/C21H24N4O3/c1-24(2)18(26)11-7-13-25-14-23-19(15-8-4-5-10-17(15)28-3)20(25)16-9-6-12-22-21(16)27/h4-6,8-10,12,14H,7,11,13H2,1-3H3,(H,22,27). The summed E-state index contributed by atoms with van der Waals surface area (Å²) in [5.74, 6) is 0.758. The summed E-state index contributed by atoms with van der Waals surface area (Å²) in [4.78, 5) is 33.3. The number of para-hydroxylation sites is 1. The molecule has 0 unspecified atom stereocenters. The molecule has 146 valence electrons.